The molecule has 0 aliphatic heterocycles. The van der Waals surface area contributed by atoms with E-state index in [1.54, 1.807) is 30.0 Å². The normalized spacial score (nSPS) is 13.8. The molecule has 1 heterocycles. The molecule has 3 aromatic rings. The number of amides is 1. The number of hydrogen-bond acceptors (Lipinski definition) is 3. The van der Waals surface area contributed by atoms with Gasteiger partial charge in [0.05, 0.1) is 13.2 Å². The van der Waals surface area contributed by atoms with Crippen LogP contribution in [0.1, 0.15) is 53.1 Å². The zero-order chi connectivity index (χ0) is 20.4. The number of fused-ring (bicyclic) bond motifs is 1. The number of aromatic nitrogens is 2. The summed E-state index contributed by atoms with van der Waals surface area (Å²) in [6.45, 7) is 2.03. The third-order valence-corrected chi connectivity index (χ3v) is 5.46. The average Bonchev–Trinajstić information content (AvgIpc) is 3.35. The smallest absolute Gasteiger partial charge is 0.272 e. The lowest BCUT2D eigenvalue weighted by Crippen LogP contribution is -2.29. The second-order valence-electron chi connectivity index (χ2n) is 7.20. The number of methoxy groups -OCH3 is 1. The van der Waals surface area contributed by atoms with Crippen molar-refractivity contribution in [3.05, 3.63) is 76.9 Å². The van der Waals surface area contributed by atoms with Crippen LogP contribution in [0.4, 0.5) is 4.39 Å². The molecule has 1 aliphatic rings. The Morgan fingerprint density at radius 1 is 1.21 bits per heavy atom. The molecule has 1 atom stereocenters. The second kappa shape index (κ2) is 8.07. The lowest BCUT2D eigenvalue weighted by atomic mass is 10.0. The van der Waals surface area contributed by atoms with Gasteiger partial charge < -0.3 is 10.1 Å². The zero-order valence-electron chi connectivity index (χ0n) is 16.6. The van der Waals surface area contributed by atoms with Crippen molar-refractivity contribution in [3.63, 3.8) is 0 Å². The molecular weight excluding hydrogens is 369 g/mol. The summed E-state index contributed by atoms with van der Waals surface area (Å²) in [6.07, 6.45) is 3.26. The molecule has 1 aromatic heterocycles. The first-order valence-corrected chi connectivity index (χ1v) is 9.92. The molecule has 0 saturated carbocycles. The van der Waals surface area contributed by atoms with Crippen LogP contribution in [0.25, 0.3) is 5.69 Å². The molecule has 5 nitrogen and oxygen atoms in total. The maximum Gasteiger partial charge on any atom is 0.272 e. The summed E-state index contributed by atoms with van der Waals surface area (Å²) in [4.78, 5) is 13.1. The van der Waals surface area contributed by atoms with E-state index in [0.717, 1.165) is 48.3 Å². The highest BCUT2D eigenvalue weighted by atomic mass is 19.1. The number of hydrogen-bond donors (Lipinski definition) is 1. The Labute approximate surface area is 169 Å². The highest BCUT2D eigenvalue weighted by Crippen LogP contribution is 2.29. The van der Waals surface area contributed by atoms with Crippen LogP contribution in [0.5, 0.6) is 5.75 Å². The molecule has 0 fully saturated rings. The maximum atomic E-state index is 14.3. The van der Waals surface area contributed by atoms with Gasteiger partial charge in [0.15, 0.2) is 5.69 Å². The summed E-state index contributed by atoms with van der Waals surface area (Å²) in [5.74, 6) is 0.207. The van der Waals surface area contributed by atoms with Crippen molar-refractivity contribution in [2.75, 3.05) is 7.11 Å². The van der Waals surface area contributed by atoms with Crippen LogP contribution in [0.3, 0.4) is 0 Å². The summed E-state index contributed by atoms with van der Waals surface area (Å²) >= 11 is 0. The molecule has 1 amide bonds. The van der Waals surface area contributed by atoms with Crippen LogP contribution in [0.15, 0.2) is 48.5 Å². The molecule has 0 spiro atoms. The van der Waals surface area contributed by atoms with E-state index in [0.29, 0.717) is 11.4 Å². The van der Waals surface area contributed by atoms with E-state index in [2.05, 4.69) is 10.4 Å². The van der Waals surface area contributed by atoms with Crippen molar-refractivity contribution in [2.45, 2.75) is 38.6 Å². The van der Waals surface area contributed by atoms with Gasteiger partial charge in [-0.15, -0.1) is 0 Å². The minimum Gasteiger partial charge on any atom is -0.497 e. The standard InChI is InChI=1S/C23H24FN3O2/c1-3-19(15-11-13-16(29-2)14-12-15)25-23(28)22-17-7-6-10-20(17)27(26-22)21-9-5-4-8-18(21)24/h4-5,8-9,11-14,19H,3,6-7,10H2,1-2H3,(H,25,28). The molecule has 6 heteroatoms. The van der Waals surface area contributed by atoms with E-state index in [-0.39, 0.29) is 17.8 Å². The first kappa shape index (κ1) is 19.2. The van der Waals surface area contributed by atoms with Gasteiger partial charge in [0.25, 0.3) is 5.91 Å². The summed E-state index contributed by atoms with van der Waals surface area (Å²) < 4.78 is 21.1. The fourth-order valence-electron chi connectivity index (χ4n) is 3.93. The Balaban J connectivity index is 1.63. The number of para-hydroxylation sites is 1. The van der Waals surface area contributed by atoms with E-state index in [9.17, 15) is 9.18 Å². The average molecular weight is 393 g/mol. The van der Waals surface area contributed by atoms with E-state index in [1.165, 1.54) is 6.07 Å². The van der Waals surface area contributed by atoms with Gasteiger partial charge in [-0.3, -0.25) is 4.79 Å². The molecule has 1 N–H and O–H groups in total. The fraction of sp³-hybridized carbons (Fsp3) is 0.304. The number of halogens is 1. The van der Waals surface area contributed by atoms with Crippen LogP contribution in [0.2, 0.25) is 0 Å². The van der Waals surface area contributed by atoms with E-state index < -0.39 is 0 Å². The Morgan fingerprint density at radius 3 is 2.66 bits per heavy atom. The van der Waals surface area contributed by atoms with Crippen LogP contribution in [-0.2, 0) is 12.8 Å². The van der Waals surface area contributed by atoms with Gasteiger partial charge in [0.1, 0.15) is 17.3 Å². The van der Waals surface area contributed by atoms with E-state index in [4.69, 9.17) is 4.74 Å². The second-order valence-corrected chi connectivity index (χ2v) is 7.20. The first-order chi connectivity index (χ1) is 14.1. The molecule has 0 bridgehead atoms. The molecule has 150 valence electrons. The third kappa shape index (κ3) is 3.62. The fourth-order valence-corrected chi connectivity index (χ4v) is 3.93. The predicted octanol–water partition coefficient (Wildman–Crippen LogP) is 4.39. The van der Waals surface area contributed by atoms with E-state index in [1.807, 2.05) is 31.2 Å². The summed E-state index contributed by atoms with van der Waals surface area (Å²) in [6, 6.07) is 14.1. The Morgan fingerprint density at radius 2 is 1.97 bits per heavy atom. The molecule has 29 heavy (non-hydrogen) atoms. The lowest BCUT2D eigenvalue weighted by Gasteiger charge is -2.17. The number of benzene rings is 2. The van der Waals surface area contributed by atoms with Crippen molar-refractivity contribution >= 4 is 5.91 Å². The van der Waals surface area contributed by atoms with Crippen molar-refractivity contribution in [3.8, 4) is 11.4 Å². The van der Waals surface area contributed by atoms with Gasteiger partial charge in [0.2, 0.25) is 0 Å². The molecule has 0 radical (unpaired) electrons. The molecule has 1 unspecified atom stereocenters. The Kier molecular flexibility index (Phi) is 5.34. The van der Waals surface area contributed by atoms with Gasteiger partial charge in [0, 0.05) is 11.3 Å². The van der Waals surface area contributed by atoms with Gasteiger partial charge in [-0.05, 0) is 55.5 Å². The van der Waals surface area contributed by atoms with Crippen molar-refractivity contribution in [1.82, 2.24) is 15.1 Å². The van der Waals surface area contributed by atoms with Crippen LogP contribution < -0.4 is 10.1 Å². The van der Waals surface area contributed by atoms with E-state index >= 15 is 0 Å². The minimum absolute atomic E-state index is 0.135. The van der Waals surface area contributed by atoms with Crippen LogP contribution in [0, 0.1) is 5.82 Å². The molecule has 0 saturated heterocycles. The van der Waals surface area contributed by atoms with Crippen LogP contribution in [-0.4, -0.2) is 22.8 Å². The Bertz CT molecular complexity index is 1030. The van der Waals surface area contributed by atoms with Gasteiger partial charge in [-0.2, -0.15) is 5.10 Å². The molecule has 2 aromatic carbocycles. The largest absolute Gasteiger partial charge is 0.497 e. The zero-order valence-corrected chi connectivity index (χ0v) is 16.6. The summed E-state index contributed by atoms with van der Waals surface area (Å²) in [5.41, 5.74) is 3.64. The molecule has 1 aliphatic carbocycles. The number of nitrogens with zero attached hydrogens (tertiary/aromatic N) is 2. The maximum absolute atomic E-state index is 14.3. The monoisotopic (exact) mass is 393 g/mol. The number of carbonyl (C=O) groups excluding carboxylic acids is 1. The number of carbonyl (C=O) groups is 1. The first-order valence-electron chi connectivity index (χ1n) is 9.92. The Hall–Kier alpha value is -3.15. The van der Waals surface area contributed by atoms with Crippen molar-refractivity contribution < 1.29 is 13.9 Å². The number of ether oxygens (including phenoxy) is 1. The predicted molar refractivity (Wildman–Crippen MR) is 109 cm³/mol. The number of rotatable bonds is 6. The quantitative estimate of drug-likeness (QED) is 0.676. The highest BCUT2D eigenvalue weighted by Gasteiger charge is 2.28. The van der Waals surface area contributed by atoms with Crippen LogP contribution >= 0.6 is 0 Å². The van der Waals surface area contributed by atoms with Gasteiger partial charge in [-0.1, -0.05) is 31.2 Å². The van der Waals surface area contributed by atoms with Gasteiger partial charge in [-0.25, -0.2) is 9.07 Å². The summed E-state index contributed by atoms with van der Waals surface area (Å²) in [5, 5.41) is 7.61. The topological polar surface area (TPSA) is 56.2 Å². The van der Waals surface area contributed by atoms with Crippen molar-refractivity contribution in [1.29, 1.82) is 0 Å². The minimum atomic E-state index is -0.346. The van der Waals surface area contributed by atoms with Gasteiger partial charge >= 0.3 is 0 Å². The SMILES string of the molecule is CCC(NC(=O)c1nn(-c2ccccc2F)c2c1CCC2)c1ccc(OC)cc1. The third-order valence-electron chi connectivity index (χ3n) is 5.46. The summed E-state index contributed by atoms with van der Waals surface area (Å²) in [7, 11) is 1.63. The van der Waals surface area contributed by atoms with Crippen molar-refractivity contribution in [2.24, 2.45) is 0 Å². The highest BCUT2D eigenvalue weighted by molar-refractivity contribution is 5.94. The molecular formula is C23H24FN3O2. The molecule has 4 rings (SSSR count). The lowest BCUT2D eigenvalue weighted by molar-refractivity contribution is 0.0929. The number of nitrogens with one attached hydrogen (secondary N) is 1.